The van der Waals surface area contributed by atoms with Crippen LogP contribution in [0.2, 0.25) is 0 Å². The first-order valence-electron chi connectivity index (χ1n) is 7.05. The van der Waals surface area contributed by atoms with Gasteiger partial charge in [0.1, 0.15) is 0 Å². The molecule has 0 saturated carbocycles. The van der Waals surface area contributed by atoms with Crippen molar-refractivity contribution in [1.29, 1.82) is 0 Å². The molecule has 0 bridgehead atoms. The van der Waals surface area contributed by atoms with Gasteiger partial charge in [-0.2, -0.15) is 0 Å². The minimum atomic E-state index is 0.298. The van der Waals surface area contributed by atoms with Gasteiger partial charge in [0.25, 0.3) is 0 Å². The van der Waals surface area contributed by atoms with Crippen LogP contribution in [0.3, 0.4) is 0 Å². The number of nitrogens with one attached hydrogen (secondary N) is 1. The van der Waals surface area contributed by atoms with Gasteiger partial charge in [0, 0.05) is 18.9 Å². The standard InChI is InChI=1S/C16H23N3/c1-4-5-10-17-16-18-11-12-19(16)14(3)15-8-6-13(2)7-9-15/h6-9,11-12,14H,4-5,10H2,1-3H3,(H,17,18). The molecule has 2 rings (SSSR count). The molecule has 1 atom stereocenters. The van der Waals surface area contributed by atoms with Crippen molar-refractivity contribution in [1.82, 2.24) is 9.55 Å². The van der Waals surface area contributed by atoms with Crippen molar-refractivity contribution in [3.63, 3.8) is 0 Å². The van der Waals surface area contributed by atoms with E-state index in [-0.39, 0.29) is 0 Å². The van der Waals surface area contributed by atoms with Crippen LogP contribution in [0.5, 0.6) is 0 Å². The molecule has 3 heteroatoms. The maximum atomic E-state index is 4.40. The third kappa shape index (κ3) is 3.37. The smallest absolute Gasteiger partial charge is 0.203 e. The van der Waals surface area contributed by atoms with Gasteiger partial charge in [-0.15, -0.1) is 0 Å². The number of nitrogens with zero attached hydrogens (tertiary/aromatic N) is 2. The number of rotatable bonds is 6. The molecule has 0 spiro atoms. The highest BCUT2D eigenvalue weighted by Crippen LogP contribution is 2.21. The largest absolute Gasteiger partial charge is 0.356 e. The highest BCUT2D eigenvalue weighted by Gasteiger charge is 2.11. The normalized spacial score (nSPS) is 12.4. The van der Waals surface area contributed by atoms with Crippen LogP contribution in [0.1, 0.15) is 43.9 Å². The number of imidazole rings is 1. The quantitative estimate of drug-likeness (QED) is 0.792. The van der Waals surface area contributed by atoms with Crippen molar-refractivity contribution in [2.24, 2.45) is 0 Å². The van der Waals surface area contributed by atoms with E-state index in [1.54, 1.807) is 0 Å². The molecule has 3 nitrogen and oxygen atoms in total. The number of anilines is 1. The predicted octanol–water partition coefficient (Wildman–Crippen LogP) is 4.01. The van der Waals surface area contributed by atoms with Gasteiger partial charge in [0.15, 0.2) is 0 Å². The molecule has 1 heterocycles. The minimum Gasteiger partial charge on any atom is -0.356 e. The van der Waals surface area contributed by atoms with E-state index in [1.165, 1.54) is 24.0 Å². The Kier molecular flexibility index (Phi) is 4.61. The van der Waals surface area contributed by atoms with Crippen molar-refractivity contribution in [2.75, 3.05) is 11.9 Å². The Bertz CT molecular complexity index is 499. The first kappa shape index (κ1) is 13.7. The molecule has 1 N–H and O–H groups in total. The van der Waals surface area contributed by atoms with Crippen LogP contribution in [-0.2, 0) is 0 Å². The van der Waals surface area contributed by atoms with E-state index < -0.39 is 0 Å². The number of unbranched alkanes of at least 4 members (excludes halogenated alkanes) is 1. The molecule has 1 aromatic carbocycles. The van der Waals surface area contributed by atoms with Crippen LogP contribution in [0.4, 0.5) is 5.95 Å². The molecule has 0 aliphatic rings. The van der Waals surface area contributed by atoms with E-state index >= 15 is 0 Å². The summed E-state index contributed by atoms with van der Waals surface area (Å²) in [6.45, 7) is 7.50. The van der Waals surface area contributed by atoms with Gasteiger partial charge in [0.05, 0.1) is 6.04 Å². The summed E-state index contributed by atoms with van der Waals surface area (Å²) in [6.07, 6.45) is 6.27. The van der Waals surface area contributed by atoms with Crippen LogP contribution in [0.15, 0.2) is 36.7 Å². The molecule has 0 aliphatic heterocycles. The minimum absolute atomic E-state index is 0.298. The van der Waals surface area contributed by atoms with Gasteiger partial charge in [-0.05, 0) is 25.8 Å². The summed E-state index contributed by atoms with van der Waals surface area (Å²) >= 11 is 0. The zero-order chi connectivity index (χ0) is 13.7. The Morgan fingerprint density at radius 3 is 2.68 bits per heavy atom. The number of hydrogen-bond donors (Lipinski definition) is 1. The summed E-state index contributed by atoms with van der Waals surface area (Å²) in [5.74, 6) is 0.960. The fraction of sp³-hybridized carbons (Fsp3) is 0.438. The van der Waals surface area contributed by atoms with E-state index in [1.807, 2.05) is 12.4 Å². The highest BCUT2D eigenvalue weighted by molar-refractivity contribution is 5.31. The van der Waals surface area contributed by atoms with Crippen molar-refractivity contribution < 1.29 is 0 Å². The molecule has 0 saturated heterocycles. The van der Waals surface area contributed by atoms with Gasteiger partial charge in [0.2, 0.25) is 5.95 Å². The van der Waals surface area contributed by atoms with Crippen molar-refractivity contribution in [3.8, 4) is 0 Å². The van der Waals surface area contributed by atoms with Crippen molar-refractivity contribution in [2.45, 2.75) is 39.7 Å². The molecule has 2 aromatic rings. The molecular formula is C16H23N3. The Morgan fingerprint density at radius 2 is 2.00 bits per heavy atom. The number of hydrogen-bond acceptors (Lipinski definition) is 2. The Hall–Kier alpha value is -1.77. The second-order valence-corrected chi connectivity index (χ2v) is 5.03. The van der Waals surface area contributed by atoms with Crippen LogP contribution in [-0.4, -0.2) is 16.1 Å². The lowest BCUT2D eigenvalue weighted by atomic mass is 10.1. The van der Waals surface area contributed by atoms with Crippen LogP contribution in [0.25, 0.3) is 0 Å². The molecule has 1 unspecified atom stereocenters. The Morgan fingerprint density at radius 1 is 1.26 bits per heavy atom. The third-order valence-electron chi connectivity index (χ3n) is 3.46. The molecule has 102 valence electrons. The topological polar surface area (TPSA) is 29.9 Å². The fourth-order valence-electron chi connectivity index (χ4n) is 2.15. The summed E-state index contributed by atoms with van der Waals surface area (Å²) in [5, 5.41) is 3.41. The Labute approximate surface area is 115 Å². The van der Waals surface area contributed by atoms with Crippen molar-refractivity contribution in [3.05, 3.63) is 47.8 Å². The average molecular weight is 257 g/mol. The SMILES string of the molecule is CCCCNc1nccn1C(C)c1ccc(C)cc1. The molecule has 0 fully saturated rings. The zero-order valence-electron chi connectivity index (χ0n) is 12.1. The predicted molar refractivity (Wildman–Crippen MR) is 80.6 cm³/mol. The second-order valence-electron chi connectivity index (χ2n) is 5.03. The second kappa shape index (κ2) is 6.41. The van der Waals surface area contributed by atoms with Crippen LogP contribution >= 0.6 is 0 Å². The molecule has 1 aromatic heterocycles. The molecule has 19 heavy (non-hydrogen) atoms. The summed E-state index contributed by atoms with van der Waals surface area (Å²) in [4.78, 5) is 4.40. The zero-order valence-corrected chi connectivity index (χ0v) is 12.1. The van der Waals surface area contributed by atoms with E-state index in [0.29, 0.717) is 6.04 Å². The maximum Gasteiger partial charge on any atom is 0.203 e. The van der Waals surface area contributed by atoms with Gasteiger partial charge >= 0.3 is 0 Å². The lowest BCUT2D eigenvalue weighted by Gasteiger charge is -2.17. The average Bonchev–Trinajstić information content (AvgIpc) is 2.87. The number of aryl methyl sites for hydroxylation is 1. The Balaban J connectivity index is 2.12. The van der Waals surface area contributed by atoms with E-state index in [4.69, 9.17) is 0 Å². The monoisotopic (exact) mass is 257 g/mol. The molecule has 0 aliphatic carbocycles. The molecule has 0 radical (unpaired) electrons. The summed E-state index contributed by atoms with van der Waals surface area (Å²) in [7, 11) is 0. The summed E-state index contributed by atoms with van der Waals surface area (Å²) in [5.41, 5.74) is 2.60. The van der Waals surface area contributed by atoms with Gasteiger partial charge in [-0.1, -0.05) is 43.2 Å². The van der Waals surface area contributed by atoms with E-state index in [9.17, 15) is 0 Å². The summed E-state index contributed by atoms with van der Waals surface area (Å²) < 4.78 is 2.19. The van der Waals surface area contributed by atoms with Gasteiger partial charge < -0.3 is 9.88 Å². The lowest BCUT2D eigenvalue weighted by molar-refractivity contribution is 0.641. The lowest BCUT2D eigenvalue weighted by Crippen LogP contribution is -2.12. The summed E-state index contributed by atoms with van der Waals surface area (Å²) in [6, 6.07) is 9.00. The fourth-order valence-corrected chi connectivity index (χ4v) is 2.15. The highest BCUT2D eigenvalue weighted by atomic mass is 15.2. The molecular weight excluding hydrogens is 234 g/mol. The van der Waals surface area contributed by atoms with Gasteiger partial charge in [-0.3, -0.25) is 0 Å². The van der Waals surface area contributed by atoms with E-state index in [0.717, 1.165) is 12.5 Å². The number of benzene rings is 1. The third-order valence-corrected chi connectivity index (χ3v) is 3.46. The van der Waals surface area contributed by atoms with Crippen LogP contribution in [0, 0.1) is 6.92 Å². The van der Waals surface area contributed by atoms with Crippen LogP contribution < -0.4 is 5.32 Å². The molecule has 0 amide bonds. The van der Waals surface area contributed by atoms with Gasteiger partial charge in [-0.25, -0.2) is 4.98 Å². The first-order chi connectivity index (χ1) is 9.22. The maximum absolute atomic E-state index is 4.40. The van der Waals surface area contributed by atoms with Crippen molar-refractivity contribution >= 4 is 5.95 Å². The first-order valence-corrected chi connectivity index (χ1v) is 7.05. The number of aromatic nitrogens is 2. The van der Waals surface area contributed by atoms with E-state index in [2.05, 4.69) is 59.9 Å².